The first-order valence-corrected chi connectivity index (χ1v) is 16.3. The quantitative estimate of drug-likeness (QED) is 0.212. The van der Waals surface area contributed by atoms with Crippen molar-refractivity contribution < 1.29 is 17.7 Å². The van der Waals surface area contributed by atoms with Crippen LogP contribution < -0.4 is 0 Å². The molecule has 8 nitrogen and oxygen atoms in total. The van der Waals surface area contributed by atoms with Crippen molar-refractivity contribution in [2.75, 3.05) is 6.54 Å². The Morgan fingerprint density at radius 3 is 2.21 bits per heavy atom. The Morgan fingerprint density at radius 1 is 1.00 bits per heavy atom. The van der Waals surface area contributed by atoms with Gasteiger partial charge in [0, 0.05) is 44.8 Å². The molecule has 2 aromatic carbocycles. The van der Waals surface area contributed by atoms with E-state index in [-0.39, 0.29) is 16.0 Å². The minimum absolute atomic E-state index is 0.110. The predicted molar refractivity (Wildman–Crippen MR) is 154 cm³/mol. The van der Waals surface area contributed by atoms with Crippen molar-refractivity contribution in [2.24, 2.45) is 13.5 Å². The van der Waals surface area contributed by atoms with E-state index < -0.39 is 36.1 Å². The summed E-state index contributed by atoms with van der Waals surface area (Å²) in [6.07, 6.45) is 1.36. The first-order valence-electron chi connectivity index (χ1n) is 12.5. The molecule has 0 aliphatic carbocycles. The van der Waals surface area contributed by atoms with Gasteiger partial charge in [-0.25, -0.2) is 13.1 Å². The number of nitro groups is 1. The molecule has 0 radical (unpaired) electrons. The number of benzene rings is 2. The van der Waals surface area contributed by atoms with E-state index >= 15 is 0 Å². The number of halogens is 1. The summed E-state index contributed by atoms with van der Waals surface area (Å²) in [5, 5.41) is 13.2. The number of nitrogens with zero attached hydrogens (tertiary/aromatic N) is 4. The van der Waals surface area contributed by atoms with Crippen molar-refractivity contribution in [3.05, 3.63) is 86.3 Å². The molecule has 0 N–H and O–H groups in total. The van der Waals surface area contributed by atoms with Gasteiger partial charge in [0.15, 0.2) is 0 Å². The Balaban J connectivity index is 2.05. The first kappa shape index (κ1) is 29.3. The highest BCUT2D eigenvalue weighted by Crippen LogP contribution is 2.38. The fourth-order valence-corrected chi connectivity index (χ4v) is 11.2. The Bertz CT molecular complexity index is 1600. The second-order valence-electron chi connectivity index (χ2n) is 11.4. The molecule has 210 valence electrons. The zero-order valence-electron chi connectivity index (χ0n) is 22.6. The van der Waals surface area contributed by atoms with E-state index in [2.05, 4.69) is 30.6 Å². The third kappa shape index (κ3) is 6.74. The molecule has 0 saturated carbocycles. The minimum atomic E-state index is -4.33. The fourth-order valence-electron chi connectivity index (χ4n) is 5.01. The molecule has 39 heavy (non-hydrogen) atoms. The second-order valence-corrected chi connectivity index (χ2v) is 16.6. The summed E-state index contributed by atoms with van der Waals surface area (Å²) in [7, 11) is -7.31. The maximum atomic E-state index is 14.1. The van der Waals surface area contributed by atoms with Crippen molar-refractivity contribution in [3.8, 4) is 0 Å². The summed E-state index contributed by atoms with van der Waals surface area (Å²) in [4.78, 5) is 12.0. The molecule has 1 aromatic heterocycles. The molecular weight excluding hydrogens is 560 g/mol. The Kier molecular flexibility index (Phi) is 8.06. The van der Waals surface area contributed by atoms with Crippen molar-refractivity contribution in [3.63, 3.8) is 0 Å². The zero-order chi connectivity index (χ0) is 28.6. The van der Waals surface area contributed by atoms with Crippen molar-refractivity contribution in [1.82, 2.24) is 4.31 Å². The normalized spacial score (nSPS) is 16.3. The Labute approximate surface area is 234 Å². The van der Waals surface area contributed by atoms with Gasteiger partial charge in [-0.1, -0.05) is 20.8 Å². The Morgan fingerprint density at radius 2 is 1.62 bits per heavy atom. The van der Waals surface area contributed by atoms with Crippen LogP contribution in [0, 0.1) is 21.3 Å². The van der Waals surface area contributed by atoms with Gasteiger partial charge in [0.1, 0.15) is 5.82 Å². The van der Waals surface area contributed by atoms with Crippen LogP contribution in [-0.4, -0.2) is 29.7 Å². The summed E-state index contributed by atoms with van der Waals surface area (Å²) in [6.45, 7) is 11.2. The second kappa shape index (κ2) is 10.7. The summed E-state index contributed by atoms with van der Waals surface area (Å²) in [5.74, 6) is -0.446. The van der Waals surface area contributed by atoms with Crippen LogP contribution in [0.4, 0.5) is 10.1 Å². The van der Waals surface area contributed by atoms with Crippen LogP contribution >= 0.6 is 11.3 Å². The van der Waals surface area contributed by atoms with Gasteiger partial charge in [-0.05, 0) is 85.5 Å². The highest BCUT2D eigenvalue weighted by molar-refractivity contribution is 8.03. The topological polar surface area (TPSA) is 105 Å². The molecule has 0 spiro atoms. The molecule has 12 heteroatoms. The van der Waals surface area contributed by atoms with Crippen LogP contribution in [0.25, 0.3) is 0 Å². The first-order chi connectivity index (χ1) is 18.1. The Hall–Kier alpha value is -2.67. The van der Waals surface area contributed by atoms with E-state index in [0.29, 0.717) is 30.8 Å². The van der Waals surface area contributed by atoms with E-state index in [4.69, 9.17) is 4.36 Å². The van der Waals surface area contributed by atoms with Gasteiger partial charge in [-0.3, -0.25) is 10.1 Å². The zero-order valence-corrected chi connectivity index (χ0v) is 25.1. The van der Waals surface area contributed by atoms with Crippen LogP contribution in [0.3, 0.4) is 0 Å². The number of fused-ring (bicyclic) bond motifs is 1. The minimum Gasteiger partial charge on any atom is -0.258 e. The summed E-state index contributed by atoms with van der Waals surface area (Å²) in [5.41, 5.74) is 0.201. The molecule has 3 aromatic rings. The van der Waals surface area contributed by atoms with E-state index in [1.165, 1.54) is 29.8 Å². The molecule has 4 rings (SSSR count). The number of hydrogen-bond donors (Lipinski definition) is 0. The molecular formula is C27H33FN4O4S3. The van der Waals surface area contributed by atoms with Crippen LogP contribution in [0.5, 0.6) is 0 Å². The number of rotatable bonds is 7. The van der Waals surface area contributed by atoms with Gasteiger partial charge in [-0.15, -0.1) is 15.1 Å². The molecule has 1 aliphatic heterocycles. The van der Waals surface area contributed by atoms with Crippen LogP contribution in [-0.2, 0) is 32.8 Å². The SMILES string of the molecule is CC(C)(C)CC(C)(C)N=S(=NS(=O)(=O)c1ccc([N+](=O)[O-])cc1)(c1ccc(F)cc1)N1CCc2ccsc2C1. The molecule has 0 bridgehead atoms. The van der Waals surface area contributed by atoms with Gasteiger partial charge in [0.25, 0.3) is 15.7 Å². The van der Waals surface area contributed by atoms with E-state index in [1.54, 1.807) is 23.5 Å². The standard InChI is InChI=1S/C27H33FN4O4S3/c1-26(2,3)19-27(4,5)29-38(23-10-6-21(28)7-11-23,31-16-14-20-15-17-37-25(20)18-31)30-39(35,36)24-12-8-22(9-13-24)32(33)34/h6-13,15,17H,14,16,18-19H2,1-5H3. The smallest absolute Gasteiger partial charge is 0.258 e. The molecule has 1 unspecified atom stereocenters. The van der Waals surface area contributed by atoms with E-state index in [1.807, 2.05) is 23.5 Å². The van der Waals surface area contributed by atoms with Gasteiger partial charge in [0.05, 0.1) is 15.4 Å². The molecule has 0 fully saturated rings. The lowest BCUT2D eigenvalue weighted by Crippen LogP contribution is -2.38. The number of nitro benzene ring substituents is 1. The van der Waals surface area contributed by atoms with Gasteiger partial charge < -0.3 is 0 Å². The van der Waals surface area contributed by atoms with Crippen LogP contribution in [0.1, 0.15) is 51.5 Å². The maximum absolute atomic E-state index is 14.1. The van der Waals surface area contributed by atoms with E-state index in [0.717, 1.165) is 17.0 Å². The van der Waals surface area contributed by atoms with Gasteiger partial charge in [-0.2, -0.15) is 8.42 Å². The third-order valence-electron chi connectivity index (χ3n) is 6.16. The number of sulfonamides is 1. The molecule has 1 atom stereocenters. The average molecular weight is 593 g/mol. The lowest BCUT2D eigenvalue weighted by molar-refractivity contribution is -0.384. The van der Waals surface area contributed by atoms with Crippen molar-refractivity contribution >= 4 is 36.9 Å². The maximum Gasteiger partial charge on any atom is 0.290 e. The van der Waals surface area contributed by atoms with E-state index in [9.17, 15) is 22.9 Å². The predicted octanol–water partition coefficient (Wildman–Crippen LogP) is 7.25. The largest absolute Gasteiger partial charge is 0.290 e. The van der Waals surface area contributed by atoms with Gasteiger partial charge >= 0.3 is 0 Å². The summed E-state index contributed by atoms with van der Waals surface area (Å²) < 4.78 is 53.8. The number of thiophene rings is 1. The fraction of sp³-hybridized carbons (Fsp3) is 0.407. The molecule has 0 saturated heterocycles. The molecule has 2 heterocycles. The lowest BCUT2D eigenvalue weighted by Gasteiger charge is -2.37. The third-order valence-corrected chi connectivity index (χ3v) is 12.3. The van der Waals surface area contributed by atoms with Crippen molar-refractivity contribution in [1.29, 1.82) is 0 Å². The van der Waals surface area contributed by atoms with Crippen LogP contribution in [0.2, 0.25) is 0 Å². The molecule has 0 amide bonds. The average Bonchev–Trinajstić information content (AvgIpc) is 3.30. The number of hydrogen-bond acceptors (Lipinski definition) is 6. The number of non-ortho nitro benzene ring substituents is 1. The summed E-state index contributed by atoms with van der Waals surface area (Å²) >= 11 is 1.60. The highest BCUT2D eigenvalue weighted by atomic mass is 32.3. The highest BCUT2D eigenvalue weighted by Gasteiger charge is 2.34. The van der Waals surface area contributed by atoms with Gasteiger partial charge in [0.2, 0.25) is 0 Å². The van der Waals surface area contributed by atoms with Crippen molar-refractivity contribution in [2.45, 2.75) is 69.3 Å². The van der Waals surface area contributed by atoms with Crippen LogP contribution in [0.15, 0.2) is 77.9 Å². The monoisotopic (exact) mass is 592 g/mol. The lowest BCUT2D eigenvalue weighted by atomic mass is 9.82. The molecule has 1 aliphatic rings. The summed E-state index contributed by atoms with van der Waals surface area (Å²) in [6, 6.07) is 12.5.